The van der Waals surface area contributed by atoms with Crippen molar-refractivity contribution in [1.29, 1.82) is 0 Å². The van der Waals surface area contributed by atoms with Crippen molar-refractivity contribution in [2.75, 3.05) is 14.2 Å². The largest absolute Gasteiger partial charge is 0.275 e. The van der Waals surface area contributed by atoms with Gasteiger partial charge in [0.15, 0.2) is 0 Å². The standard InChI is InChI=1S/C10H19NO2/c1-8-4-6-9(7-5-8)10(12)11(2)13-3/h8-9H,4-7H2,1-3H3/t8-,9+. The monoisotopic (exact) mass is 185 g/mol. The topological polar surface area (TPSA) is 29.5 Å². The van der Waals surface area contributed by atoms with E-state index in [0.29, 0.717) is 0 Å². The number of rotatable bonds is 2. The van der Waals surface area contributed by atoms with Gasteiger partial charge in [-0.2, -0.15) is 0 Å². The van der Waals surface area contributed by atoms with Crippen LogP contribution < -0.4 is 0 Å². The van der Waals surface area contributed by atoms with Crippen LogP contribution in [0.15, 0.2) is 0 Å². The van der Waals surface area contributed by atoms with Gasteiger partial charge in [-0.25, -0.2) is 5.06 Å². The minimum absolute atomic E-state index is 0.134. The van der Waals surface area contributed by atoms with Gasteiger partial charge in [0.25, 0.3) is 0 Å². The van der Waals surface area contributed by atoms with Gasteiger partial charge in [0.2, 0.25) is 5.91 Å². The van der Waals surface area contributed by atoms with Crippen LogP contribution in [-0.2, 0) is 9.63 Å². The Labute approximate surface area is 80.0 Å². The summed E-state index contributed by atoms with van der Waals surface area (Å²) in [7, 11) is 3.21. The molecule has 0 N–H and O–H groups in total. The first-order valence-corrected chi connectivity index (χ1v) is 4.96. The van der Waals surface area contributed by atoms with Gasteiger partial charge in [-0.15, -0.1) is 0 Å². The maximum Gasteiger partial charge on any atom is 0.248 e. The molecular weight excluding hydrogens is 166 g/mol. The molecule has 0 heterocycles. The molecule has 0 atom stereocenters. The van der Waals surface area contributed by atoms with Crippen LogP contribution in [0.1, 0.15) is 32.6 Å². The minimum Gasteiger partial charge on any atom is -0.275 e. The van der Waals surface area contributed by atoms with Crippen molar-refractivity contribution in [1.82, 2.24) is 5.06 Å². The molecule has 76 valence electrons. The summed E-state index contributed by atoms with van der Waals surface area (Å²) in [4.78, 5) is 16.5. The van der Waals surface area contributed by atoms with Gasteiger partial charge in [-0.05, 0) is 31.6 Å². The molecule has 0 aromatic heterocycles. The van der Waals surface area contributed by atoms with Gasteiger partial charge in [-0.1, -0.05) is 6.92 Å². The third kappa shape index (κ3) is 2.69. The van der Waals surface area contributed by atoms with Crippen LogP contribution in [0.25, 0.3) is 0 Å². The molecule has 0 saturated heterocycles. The predicted molar refractivity (Wildman–Crippen MR) is 50.9 cm³/mol. The Morgan fingerprint density at radius 3 is 2.31 bits per heavy atom. The predicted octanol–water partition coefficient (Wildman–Crippen LogP) is 1.83. The lowest BCUT2D eigenvalue weighted by atomic mass is 9.82. The van der Waals surface area contributed by atoms with E-state index in [2.05, 4.69) is 6.92 Å². The zero-order chi connectivity index (χ0) is 9.84. The summed E-state index contributed by atoms with van der Waals surface area (Å²) in [6.07, 6.45) is 4.39. The van der Waals surface area contributed by atoms with E-state index in [1.165, 1.54) is 25.0 Å². The zero-order valence-electron chi connectivity index (χ0n) is 8.75. The van der Waals surface area contributed by atoms with Crippen molar-refractivity contribution in [3.8, 4) is 0 Å². The Bertz CT molecular complexity index is 174. The normalized spacial score (nSPS) is 28.5. The molecule has 0 aliphatic heterocycles. The molecule has 13 heavy (non-hydrogen) atoms. The number of hydrogen-bond donors (Lipinski definition) is 0. The summed E-state index contributed by atoms with van der Waals surface area (Å²) in [6.45, 7) is 2.25. The van der Waals surface area contributed by atoms with Crippen LogP contribution in [0.4, 0.5) is 0 Å². The fraction of sp³-hybridized carbons (Fsp3) is 0.900. The molecule has 0 radical (unpaired) electrons. The molecule has 1 aliphatic carbocycles. The second kappa shape index (κ2) is 4.61. The average molecular weight is 185 g/mol. The van der Waals surface area contributed by atoms with E-state index in [4.69, 9.17) is 4.84 Å². The van der Waals surface area contributed by atoms with E-state index < -0.39 is 0 Å². The van der Waals surface area contributed by atoms with E-state index in [1.807, 2.05) is 0 Å². The molecule has 0 aromatic rings. The minimum atomic E-state index is 0.134. The summed E-state index contributed by atoms with van der Waals surface area (Å²) >= 11 is 0. The van der Waals surface area contributed by atoms with E-state index in [1.54, 1.807) is 7.05 Å². The number of carbonyl (C=O) groups is 1. The van der Waals surface area contributed by atoms with E-state index in [-0.39, 0.29) is 11.8 Å². The Kier molecular flexibility index (Phi) is 3.72. The van der Waals surface area contributed by atoms with Gasteiger partial charge in [0.1, 0.15) is 0 Å². The summed E-state index contributed by atoms with van der Waals surface area (Å²) in [5.41, 5.74) is 0. The Balaban J connectivity index is 2.40. The summed E-state index contributed by atoms with van der Waals surface area (Å²) in [5.74, 6) is 1.12. The number of amides is 1. The molecule has 1 fully saturated rings. The van der Waals surface area contributed by atoms with Crippen molar-refractivity contribution in [2.24, 2.45) is 11.8 Å². The fourth-order valence-electron chi connectivity index (χ4n) is 1.85. The van der Waals surface area contributed by atoms with Gasteiger partial charge in [0.05, 0.1) is 7.11 Å². The molecular formula is C10H19NO2. The second-order valence-corrected chi connectivity index (χ2v) is 3.98. The van der Waals surface area contributed by atoms with Gasteiger partial charge in [0, 0.05) is 13.0 Å². The molecule has 0 spiro atoms. The number of nitrogens with zero attached hydrogens (tertiary/aromatic N) is 1. The van der Waals surface area contributed by atoms with Crippen molar-refractivity contribution in [3.63, 3.8) is 0 Å². The molecule has 3 nitrogen and oxygen atoms in total. The highest BCUT2D eigenvalue weighted by Gasteiger charge is 2.26. The van der Waals surface area contributed by atoms with Crippen LogP contribution in [-0.4, -0.2) is 25.1 Å². The summed E-state index contributed by atoms with van der Waals surface area (Å²) < 4.78 is 0. The van der Waals surface area contributed by atoms with Crippen molar-refractivity contribution in [2.45, 2.75) is 32.6 Å². The molecule has 3 heteroatoms. The second-order valence-electron chi connectivity index (χ2n) is 3.98. The number of hydroxylamine groups is 2. The smallest absolute Gasteiger partial charge is 0.248 e. The van der Waals surface area contributed by atoms with Crippen LogP contribution in [0.5, 0.6) is 0 Å². The summed E-state index contributed by atoms with van der Waals surface area (Å²) in [6, 6.07) is 0. The highest BCUT2D eigenvalue weighted by atomic mass is 16.7. The maximum atomic E-state index is 11.6. The average Bonchev–Trinajstić information content (AvgIpc) is 2.17. The number of carbonyl (C=O) groups excluding carboxylic acids is 1. The first kappa shape index (κ1) is 10.5. The van der Waals surface area contributed by atoms with Crippen LogP contribution in [0.3, 0.4) is 0 Å². The van der Waals surface area contributed by atoms with Crippen molar-refractivity contribution < 1.29 is 9.63 Å². The van der Waals surface area contributed by atoms with Gasteiger partial charge in [-0.3, -0.25) is 9.63 Å². The van der Waals surface area contributed by atoms with Crippen LogP contribution in [0, 0.1) is 11.8 Å². The van der Waals surface area contributed by atoms with E-state index in [9.17, 15) is 4.79 Å². The fourth-order valence-corrected chi connectivity index (χ4v) is 1.85. The van der Waals surface area contributed by atoms with Gasteiger partial charge >= 0.3 is 0 Å². The highest BCUT2D eigenvalue weighted by Crippen LogP contribution is 2.29. The molecule has 0 aromatic carbocycles. The van der Waals surface area contributed by atoms with Gasteiger partial charge < -0.3 is 0 Å². The molecule has 1 rings (SSSR count). The van der Waals surface area contributed by atoms with Crippen LogP contribution in [0.2, 0.25) is 0 Å². The van der Waals surface area contributed by atoms with Crippen molar-refractivity contribution in [3.05, 3.63) is 0 Å². The summed E-state index contributed by atoms with van der Waals surface area (Å²) in [5, 5.41) is 1.35. The Morgan fingerprint density at radius 2 is 1.85 bits per heavy atom. The number of hydrogen-bond acceptors (Lipinski definition) is 2. The first-order valence-electron chi connectivity index (χ1n) is 4.96. The molecule has 0 unspecified atom stereocenters. The SMILES string of the molecule is CON(C)C(=O)[C@H]1CC[C@@H](C)CC1. The Hall–Kier alpha value is -0.570. The quantitative estimate of drug-likeness (QED) is 0.614. The lowest BCUT2D eigenvalue weighted by Gasteiger charge is -2.27. The van der Waals surface area contributed by atoms with E-state index in [0.717, 1.165) is 18.8 Å². The van der Waals surface area contributed by atoms with Crippen molar-refractivity contribution >= 4 is 5.91 Å². The molecule has 1 amide bonds. The van der Waals surface area contributed by atoms with Crippen LogP contribution >= 0.6 is 0 Å². The molecule has 1 saturated carbocycles. The third-order valence-electron chi connectivity index (χ3n) is 2.95. The first-order chi connectivity index (χ1) is 6.15. The highest BCUT2D eigenvalue weighted by molar-refractivity contribution is 5.77. The maximum absolute atomic E-state index is 11.6. The zero-order valence-corrected chi connectivity index (χ0v) is 8.75. The molecule has 1 aliphatic rings. The lowest BCUT2D eigenvalue weighted by molar-refractivity contribution is -0.174. The molecule has 0 bridgehead atoms. The lowest BCUT2D eigenvalue weighted by Crippen LogP contribution is -2.33. The third-order valence-corrected chi connectivity index (χ3v) is 2.95. The Morgan fingerprint density at radius 1 is 1.31 bits per heavy atom. The van der Waals surface area contributed by atoms with E-state index >= 15 is 0 Å².